The molecule has 0 aliphatic carbocycles. The van der Waals surface area contributed by atoms with Crippen molar-refractivity contribution in [2.24, 2.45) is 0 Å². The van der Waals surface area contributed by atoms with Crippen LogP contribution in [0, 0.1) is 0 Å². The Labute approximate surface area is 192 Å². The molecule has 0 aliphatic rings. The smallest absolute Gasteiger partial charge is 0.248 e. The first kappa shape index (κ1) is 23.5. The average molecular weight is 471 g/mol. The van der Waals surface area contributed by atoms with Crippen molar-refractivity contribution in [3.05, 3.63) is 95.0 Å². The quantitative estimate of drug-likeness (QED) is 0.481. The van der Waals surface area contributed by atoms with Crippen LogP contribution >= 0.6 is 11.6 Å². The van der Waals surface area contributed by atoms with Gasteiger partial charge in [-0.25, -0.2) is 8.42 Å². The van der Waals surface area contributed by atoms with E-state index in [9.17, 15) is 18.0 Å². The third-order valence-electron chi connectivity index (χ3n) is 4.86. The normalized spacial score (nSPS) is 12.1. The molecule has 1 N–H and O–H groups in total. The maximum Gasteiger partial charge on any atom is 0.248 e. The summed E-state index contributed by atoms with van der Waals surface area (Å²) in [5.41, 5.74) is 1.30. The van der Waals surface area contributed by atoms with Gasteiger partial charge in [0.25, 0.3) is 0 Å². The van der Waals surface area contributed by atoms with E-state index in [2.05, 4.69) is 5.32 Å². The lowest BCUT2D eigenvalue weighted by Crippen LogP contribution is -2.47. The third-order valence-corrected chi connectivity index (χ3v) is 6.28. The van der Waals surface area contributed by atoms with Crippen molar-refractivity contribution < 1.29 is 18.0 Å². The molecule has 0 unspecified atom stereocenters. The van der Waals surface area contributed by atoms with Gasteiger partial charge in [0.05, 0.1) is 17.6 Å². The van der Waals surface area contributed by atoms with Gasteiger partial charge in [0.15, 0.2) is 5.78 Å². The molecule has 0 fully saturated rings. The molecule has 0 aliphatic heterocycles. The SMILES string of the molecule is CC[C@H](C(=O)Nc1ccc(Cl)cc1C(=O)c1ccccc1)N(c1ccccc1)S(C)(=O)=O. The van der Waals surface area contributed by atoms with Crippen LogP contribution in [0.3, 0.4) is 0 Å². The van der Waals surface area contributed by atoms with Crippen molar-refractivity contribution >= 4 is 44.7 Å². The number of hydrogen-bond donors (Lipinski definition) is 1. The van der Waals surface area contributed by atoms with Gasteiger partial charge in [0.2, 0.25) is 15.9 Å². The molecule has 1 atom stereocenters. The molecular weight excluding hydrogens is 448 g/mol. The highest BCUT2D eigenvalue weighted by Gasteiger charge is 2.32. The number of benzene rings is 3. The fourth-order valence-corrected chi connectivity index (χ4v) is 4.79. The van der Waals surface area contributed by atoms with Gasteiger partial charge in [0, 0.05) is 16.1 Å². The van der Waals surface area contributed by atoms with Crippen LogP contribution in [0.2, 0.25) is 5.02 Å². The van der Waals surface area contributed by atoms with Gasteiger partial charge in [-0.2, -0.15) is 0 Å². The number of carbonyl (C=O) groups excluding carboxylic acids is 2. The number of carbonyl (C=O) groups is 2. The maximum atomic E-state index is 13.2. The molecule has 0 radical (unpaired) electrons. The van der Waals surface area contributed by atoms with Crippen molar-refractivity contribution in [1.82, 2.24) is 0 Å². The van der Waals surface area contributed by atoms with Gasteiger partial charge in [-0.1, -0.05) is 67.1 Å². The zero-order valence-corrected chi connectivity index (χ0v) is 19.2. The van der Waals surface area contributed by atoms with E-state index in [0.717, 1.165) is 10.6 Å². The lowest BCUT2D eigenvalue weighted by atomic mass is 10.0. The largest absolute Gasteiger partial charge is 0.324 e. The molecule has 6 nitrogen and oxygen atoms in total. The number of ketones is 1. The first-order valence-corrected chi connectivity index (χ1v) is 12.2. The Morgan fingerprint density at radius 3 is 2.12 bits per heavy atom. The Hall–Kier alpha value is -3.16. The molecule has 0 bridgehead atoms. The summed E-state index contributed by atoms with van der Waals surface area (Å²) in [6, 6.07) is 20.6. The number of halogens is 1. The summed E-state index contributed by atoms with van der Waals surface area (Å²) in [7, 11) is -3.76. The van der Waals surface area contributed by atoms with Crippen LogP contribution < -0.4 is 9.62 Å². The monoisotopic (exact) mass is 470 g/mol. The van der Waals surface area contributed by atoms with Gasteiger partial charge in [0.1, 0.15) is 6.04 Å². The van der Waals surface area contributed by atoms with Crippen LogP contribution in [-0.2, 0) is 14.8 Å². The van der Waals surface area contributed by atoms with E-state index in [1.807, 2.05) is 0 Å². The Bertz CT molecular complexity index is 1220. The van der Waals surface area contributed by atoms with Crippen LogP contribution in [-0.4, -0.2) is 32.4 Å². The fourth-order valence-electron chi connectivity index (χ4n) is 3.41. The van der Waals surface area contributed by atoms with E-state index in [0.29, 0.717) is 16.3 Å². The van der Waals surface area contributed by atoms with Gasteiger partial charge in [-0.15, -0.1) is 0 Å². The zero-order valence-electron chi connectivity index (χ0n) is 17.7. The molecule has 8 heteroatoms. The highest BCUT2D eigenvalue weighted by Crippen LogP contribution is 2.26. The summed E-state index contributed by atoms with van der Waals surface area (Å²) < 4.78 is 26.2. The summed E-state index contributed by atoms with van der Waals surface area (Å²) in [5.74, 6) is -0.856. The Kier molecular flexibility index (Phi) is 7.33. The minimum absolute atomic E-state index is 0.220. The molecule has 32 heavy (non-hydrogen) atoms. The van der Waals surface area contributed by atoms with E-state index in [1.54, 1.807) is 73.7 Å². The number of sulfonamides is 1. The molecule has 166 valence electrons. The molecule has 0 aromatic heterocycles. The average Bonchev–Trinajstić information content (AvgIpc) is 2.78. The molecular formula is C24H23ClN2O4S. The number of nitrogens with one attached hydrogen (secondary N) is 1. The Morgan fingerprint density at radius 2 is 1.56 bits per heavy atom. The first-order chi connectivity index (χ1) is 15.2. The number of amides is 1. The van der Waals surface area contributed by atoms with Crippen molar-refractivity contribution in [1.29, 1.82) is 0 Å². The number of para-hydroxylation sites is 1. The second-order valence-corrected chi connectivity index (χ2v) is 9.49. The highest BCUT2D eigenvalue weighted by molar-refractivity contribution is 7.92. The van der Waals surface area contributed by atoms with E-state index >= 15 is 0 Å². The van der Waals surface area contributed by atoms with E-state index in [-0.39, 0.29) is 23.5 Å². The van der Waals surface area contributed by atoms with Crippen LogP contribution in [0.15, 0.2) is 78.9 Å². The Morgan fingerprint density at radius 1 is 0.969 bits per heavy atom. The second-order valence-electron chi connectivity index (χ2n) is 7.19. The molecule has 3 aromatic rings. The summed E-state index contributed by atoms with van der Waals surface area (Å²) in [4.78, 5) is 26.3. The van der Waals surface area contributed by atoms with E-state index in [1.165, 1.54) is 12.1 Å². The number of hydrogen-bond acceptors (Lipinski definition) is 4. The summed E-state index contributed by atoms with van der Waals surface area (Å²) in [6.07, 6.45) is 1.28. The van der Waals surface area contributed by atoms with Gasteiger partial charge in [-0.05, 0) is 36.8 Å². The van der Waals surface area contributed by atoms with Crippen LogP contribution in [0.4, 0.5) is 11.4 Å². The van der Waals surface area contributed by atoms with Gasteiger partial charge >= 0.3 is 0 Å². The van der Waals surface area contributed by atoms with Crippen LogP contribution in [0.25, 0.3) is 0 Å². The minimum atomic E-state index is -3.76. The van der Waals surface area contributed by atoms with E-state index in [4.69, 9.17) is 11.6 Å². The molecule has 0 heterocycles. The van der Waals surface area contributed by atoms with Gasteiger partial charge < -0.3 is 5.32 Å². The third kappa shape index (κ3) is 5.36. The lowest BCUT2D eigenvalue weighted by Gasteiger charge is -2.30. The molecule has 0 saturated carbocycles. The minimum Gasteiger partial charge on any atom is -0.324 e. The predicted octanol–water partition coefficient (Wildman–Crippen LogP) is 4.75. The van der Waals surface area contributed by atoms with Crippen molar-refractivity contribution in [2.75, 3.05) is 15.9 Å². The summed E-state index contributed by atoms with van der Waals surface area (Å²) in [6.45, 7) is 1.73. The van der Waals surface area contributed by atoms with Crippen molar-refractivity contribution in [2.45, 2.75) is 19.4 Å². The zero-order chi connectivity index (χ0) is 23.3. The summed E-state index contributed by atoms with van der Waals surface area (Å²) >= 11 is 6.11. The molecule has 0 saturated heterocycles. The topological polar surface area (TPSA) is 83.6 Å². The van der Waals surface area contributed by atoms with Crippen molar-refractivity contribution in [3.63, 3.8) is 0 Å². The molecule has 3 rings (SSSR count). The van der Waals surface area contributed by atoms with Crippen molar-refractivity contribution in [3.8, 4) is 0 Å². The number of rotatable bonds is 8. The van der Waals surface area contributed by atoms with Gasteiger partial charge in [-0.3, -0.25) is 13.9 Å². The maximum absolute atomic E-state index is 13.2. The molecule has 0 spiro atoms. The molecule has 3 aromatic carbocycles. The lowest BCUT2D eigenvalue weighted by molar-refractivity contribution is -0.117. The van der Waals surface area contributed by atoms with Crippen LogP contribution in [0.1, 0.15) is 29.3 Å². The predicted molar refractivity (Wildman–Crippen MR) is 128 cm³/mol. The second kappa shape index (κ2) is 9.97. The standard InChI is InChI=1S/C24H23ClN2O4S/c1-3-22(27(32(2,30)31)19-12-8-5-9-13-19)24(29)26-21-15-14-18(25)16-20(21)23(28)17-10-6-4-7-11-17/h4-16,22H,3H2,1-2H3,(H,26,29)/t22-/m1/s1. The molecule has 1 amide bonds. The number of anilines is 2. The van der Waals surface area contributed by atoms with E-state index < -0.39 is 22.0 Å². The van der Waals surface area contributed by atoms with Crippen LogP contribution in [0.5, 0.6) is 0 Å². The fraction of sp³-hybridized carbons (Fsp3) is 0.167. The Balaban J connectivity index is 1.97. The first-order valence-electron chi connectivity index (χ1n) is 9.97. The summed E-state index contributed by atoms with van der Waals surface area (Å²) in [5, 5.41) is 3.08. The highest BCUT2D eigenvalue weighted by atomic mass is 35.5. The number of nitrogens with zero attached hydrogens (tertiary/aromatic N) is 1.